The molecule has 9 nitrogen and oxygen atoms in total. The number of amides is 2. The van der Waals surface area contributed by atoms with Gasteiger partial charge in [0.25, 0.3) is 5.91 Å². The molecule has 1 aromatic heterocycles. The van der Waals surface area contributed by atoms with Crippen molar-refractivity contribution < 1.29 is 23.8 Å². The molecule has 0 radical (unpaired) electrons. The highest BCUT2D eigenvalue weighted by atomic mass is 16.5. The first-order chi connectivity index (χ1) is 14.5. The second-order valence-electron chi connectivity index (χ2n) is 6.26. The second kappa shape index (κ2) is 9.46. The number of methoxy groups -OCH3 is 3. The van der Waals surface area contributed by atoms with Crippen LogP contribution in [0.5, 0.6) is 17.2 Å². The predicted molar refractivity (Wildman–Crippen MR) is 111 cm³/mol. The van der Waals surface area contributed by atoms with Crippen molar-refractivity contribution in [3.8, 4) is 17.2 Å². The molecule has 2 N–H and O–H groups in total. The smallest absolute Gasteiger partial charge is 0.256 e. The molecule has 0 aliphatic heterocycles. The predicted octanol–water partition coefficient (Wildman–Crippen LogP) is 2.80. The summed E-state index contributed by atoms with van der Waals surface area (Å²) in [6.07, 6.45) is 3.04. The van der Waals surface area contributed by atoms with Gasteiger partial charge in [0.2, 0.25) is 5.91 Å². The van der Waals surface area contributed by atoms with Crippen molar-refractivity contribution in [3.63, 3.8) is 0 Å². The fraction of sp³-hybridized carbons (Fsp3) is 0.190. The van der Waals surface area contributed by atoms with E-state index < -0.39 is 0 Å². The van der Waals surface area contributed by atoms with Gasteiger partial charge < -0.3 is 24.8 Å². The molecule has 0 bridgehead atoms. The Bertz CT molecular complexity index is 1010. The fourth-order valence-electron chi connectivity index (χ4n) is 2.68. The van der Waals surface area contributed by atoms with E-state index in [1.165, 1.54) is 25.1 Å². The summed E-state index contributed by atoms with van der Waals surface area (Å²) >= 11 is 0. The molecule has 0 aliphatic rings. The Hall–Kier alpha value is -4.01. The van der Waals surface area contributed by atoms with Crippen LogP contribution in [0.3, 0.4) is 0 Å². The summed E-state index contributed by atoms with van der Waals surface area (Å²) < 4.78 is 16.9. The number of aromatic nitrogens is 2. The van der Waals surface area contributed by atoms with Crippen LogP contribution in [0.15, 0.2) is 54.9 Å². The highest BCUT2D eigenvalue weighted by molar-refractivity contribution is 6.04. The molecular formula is C21H22N4O5. The average molecular weight is 410 g/mol. The van der Waals surface area contributed by atoms with E-state index >= 15 is 0 Å². The van der Waals surface area contributed by atoms with Crippen molar-refractivity contribution in [1.82, 2.24) is 9.78 Å². The third-order valence-electron chi connectivity index (χ3n) is 4.18. The molecule has 3 rings (SSSR count). The monoisotopic (exact) mass is 410 g/mol. The quantitative estimate of drug-likeness (QED) is 0.592. The van der Waals surface area contributed by atoms with Crippen molar-refractivity contribution in [2.24, 2.45) is 0 Å². The van der Waals surface area contributed by atoms with Crippen LogP contribution in [0.1, 0.15) is 10.4 Å². The molecule has 0 aliphatic carbocycles. The van der Waals surface area contributed by atoms with Gasteiger partial charge in [-0.2, -0.15) is 5.10 Å². The van der Waals surface area contributed by atoms with E-state index in [4.69, 9.17) is 14.2 Å². The molecule has 0 saturated carbocycles. The normalized spacial score (nSPS) is 10.2. The summed E-state index contributed by atoms with van der Waals surface area (Å²) in [5.41, 5.74) is 1.48. The van der Waals surface area contributed by atoms with Crippen LogP contribution in [0.2, 0.25) is 0 Å². The molecule has 9 heteroatoms. The Kier molecular flexibility index (Phi) is 6.53. The highest BCUT2D eigenvalue weighted by Crippen LogP contribution is 2.23. The summed E-state index contributed by atoms with van der Waals surface area (Å²) in [6.45, 7) is -0.00508. The molecule has 2 amide bonds. The number of benzene rings is 2. The molecule has 1 heterocycles. The number of nitrogens with zero attached hydrogens (tertiary/aromatic N) is 2. The number of carbonyl (C=O) groups is 2. The van der Waals surface area contributed by atoms with E-state index in [2.05, 4.69) is 15.7 Å². The standard InChI is InChI=1S/C21H22N4O5/c1-28-17-6-4-15(5-7-17)23-20(26)13-25-12-16(11-22-25)24-21(27)14-8-18(29-2)10-19(9-14)30-3/h4-12H,13H2,1-3H3,(H,23,26)(H,24,27). The third kappa shape index (κ3) is 5.28. The Labute approximate surface area is 173 Å². The summed E-state index contributed by atoms with van der Waals surface area (Å²) in [7, 11) is 4.60. The van der Waals surface area contributed by atoms with Gasteiger partial charge in [-0.3, -0.25) is 14.3 Å². The van der Waals surface area contributed by atoms with Gasteiger partial charge in [0, 0.05) is 23.5 Å². The maximum atomic E-state index is 12.5. The molecule has 0 spiro atoms. The van der Waals surface area contributed by atoms with Crippen LogP contribution < -0.4 is 24.8 Å². The molecule has 2 aromatic carbocycles. The van der Waals surface area contributed by atoms with Crippen molar-refractivity contribution >= 4 is 23.2 Å². The van der Waals surface area contributed by atoms with E-state index in [9.17, 15) is 9.59 Å². The topological polar surface area (TPSA) is 104 Å². The number of hydrogen-bond acceptors (Lipinski definition) is 6. The molecule has 30 heavy (non-hydrogen) atoms. The first kappa shape index (κ1) is 20.7. The molecule has 0 fully saturated rings. The zero-order valence-electron chi connectivity index (χ0n) is 16.8. The van der Waals surface area contributed by atoms with Crippen molar-refractivity contribution in [2.75, 3.05) is 32.0 Å². The van der Waals surface area contributed by atoms with Gasteiger partial charge in [0.15, 0.2) is 0 Å². The number of ether oxygens (including phenoxy) is 3. The number of nitrogens with one attached hydrogen (secondary N) is 2. The Balaban J connectivity index is 1.60. The number of rotatable bonds is 8. The van der Waals surface area contributed by atoms with E-state index in [1.54, 1.807) is 55.8 Å². The van der Waals surface area contributed by atoms with Crippen molar-refractivity contribution in [3.05, 3.63) is 60.4 Å². The Morgan fingerprint density at radius 3 is 2.10 bits per heavy atom. The van der Waals surface area contributed by atoms with Crippen LogP contribution in [-0.4, -0.2) is 42.9 Å². The summed E-state index contributed by atoms with van der Waals surface area (Å²) in [5, 5.41) is 9.62. The lowest BCUT2D eigenvalue weighted by atomic mass is 10.2. The Morgan fingerprint density at radius 2 is 1.50 bits per heavy atom. The fourth-order valence-corrected chi connectivity index (χ4v) is 2.68. The first-order valence-electron chi connectivity index (χ1n) is 9.01. The minimum absolute atomic E-state index is 0.00508. The van der Waals surface area contributed by atoms with E-state index in [1.807, 2.05) is 0 Å². The maximum absolute atomic E-state index is 12.5. The largest absolute Gasteiger partial charge is 0.497 e. The van der Waals surface area contributed by atoms with Gasteiger partial charge in [-0.15, -0.1) is 0 Å². The van der Waals surface area contributed by atoms with Gasteiger partial charge in [0.05, 0.1) is 33.2 Å². The van der Waals surface area contributed by atoms with E-state index in [0.717, 1.165) is 0 Å². The van der Waals surface area contributed by atoms with Gasteiger partial charge in [-0.05, 0) is 36.4 Å². The lowest BCUT2D eigenvalue weighted by Gasteiger charge is -2.08. The molecule has 156 valence electrons. The maximum Gasteiger partial charge on any atom is 0.256 e. The van der Waals surface area contributed by atoms with E-state index in [-0.39, 0.29) is 18.4 Å². The van der Waals surface area contributed by atoms with Crippen LogP contribution in [-0.2, 0) is 11.3 Å². The van der Waals surface area contributed by atoms with Crippen LogP contribution in [0.4, 0.5) is 11.4 Å². The number of anilines is 2. The van der Waals surface area contributed by atoms with Crippen LogP contribution in [0, 0.1) is 0 Å². The summed E-state index contributed by atoms with van der Waals surface area (Å²) in [4.78, 5) is 24.7. The average Bonchev–Trinajstić information content (AvgIpc) is 3.20. The van der Waals surface area contributed by atoms with Gasteiger partial charge in [0.1, 0.15) is 23.8 Å². The number of hydrogen-bond donors (Lipinski definition) is 2. The van der Waals surface area contributed by atoms with Gasteiger partial charge in [-0.25, -0.2) is 0 Å². The zero-order chi connectivity index (χ0) is 21.5. The van der Waals surface area contributed by atoms with Crippen LogP contribution in [0.25, 0.3) is 0 Å². The zero-order valence-corrected chi connectivity index (χ0v) is 16.8. The SMILES string of the molecule is COc1ccc(NC(=O)Cn2cc(NC(=O)c3cc(OC)cc(OC)c3)cn2)cc1. The van der Waals surface area contributed by atoms with Crippen molar-refractivity contribution in [2.45, 2.75) is 6.54 Å². The summed E-state index contributed by atoms with van der Waals surface area (Å²) in [6, 6.07) is 11.9. The first-order valence-corrected chi connectivity index (χ1v) is 9.01. The van der Waals surface area contributed by atoms with E-state index in [0.29, 0.717) is 34.2 Å². The third-order valence-corrected chi connectivity index (χ3v) is 4.18. The Morgan fingerprint density at radius 1 is 0.867 bits per heavy atom. The van der Waals surface area contributed by atoms with Crippen LogP contribution >= 0.6 is 0 Å². The van der Waals surface area contributed by atoms with Crippen molar-refractivity contribution in [1.29, 1.82) is 0 Å². The molecule has 3 aromatic rings. The summed E-state index contributed by atoms with van der Waals surface area (Å²) in [5.74, 6) is 1.11. The molecule has 0 saturated heterocycles. The molecular weight excluding hydrogens is 388 g/mol. The lowest BCUT2D eigenvalue weighted by Crippen LogP contribution is -2.19. The second-order valence-corrected chi connectivity index (χ2v) is 6.26. The lowest BCUT2D eigenvalue weighted by molar-refractivity contribution is -0.116. The number of carbonyl (C=O) groups excluding carboxylic acids is 2. The van der Waals surface area contributed by atoms with Gasteiger partial charge >= 0.3 is 0 Å². The minimum Gasteiger partial charge on any atom is -0.497 e. The molecule has 0 unspecified atom stereocenters. The minimum atomic E-state index is -0.352. The highest BCUT2D eigenvalue weighted by Gasteiger charge is 2.12. The molecule has 0 atom stereocenters. The van der Waals surface area contributed by atoms with Gasteiger partial charge in [-0.1, -0.05) is 0 Å².